The first kappa shape index (κ1) is 14.4. The fraction of sp³-hybridized carbons (Fsp3) is 0.615. The molecule has 1 aliphatic heterocycles. The average Bonchev–Trinajstić information content (AvgIpc) is 2.30. The molecule has 1 atom stereocenters. The van der Waals surface area contributed by atoms with Gasteiger partial charge >= 0.3 is 0 Å². The summed E-state index contributed by atoms with van der Waals surface area (Å²) in [4.78, 5) is 6.67. The molecule has 2 rings (SSSR count). The highest BCUT2D eigenvalue weighted by Gasteiger charge is 2.23. The summed E-state index contributed by atoms with van der Waals surface area (Å²) in [5, 5.41) is 3.47. The fourth-order valence-electron chi connectivity index (χ4n) is 2.35. The molecule has 0 bridgehead atoms. The summed E-state index contributed by atoms with van der Waals surface area (Å²) in [5.41, 5.74) is 1.38. The second kappa shape index (κ2) is 6.94. The van der Waals surface area contributed by atoms with Crippen molar-refractivity contribution in [3.8, 4) is 0 Å². The molecule has 2 heterocycles. The summed E-state index contributed by atoms with van der Waals surface area (Å²) in [6, 6.07) is 4.77. The van der Waals surface area contributed by atoms with Crippen molar-refractivity contribution in [3.63, 3.8) is 0 Å². The van der Waals surface area contributed by atoms with Crippen LogP contribution in [0.1, 0.15) is 25.5 Å². The maximum atomic E-state index is 4.09. The van der Waals surface area contributed by atoms with Crippen molar-refractivity contribution < 1.29 is 0 Å². The molecule has 0 radical (unpaired) electrons. The van der Waals surface area contributed by atoms with Crippen LogP contribution < -0.4 is 5.32 Å². The van der Waals surface area contributed by atoms with Gasteiger partial charge in [0, 0.05) is 44.6 Å². The van der Waals surface area contributed by atoms with E-state index in [0.717, 1.165) is 25.6 Å². The molecule has 17 heavy (non-hydrogen) atoms. The van der Waals surface area contributed by atoms with Crippen LogP contribution in [0.3, 0.4) is 0 Å². The number of hydrogen-bond acceptors (Lipinski definition) is 3. The highest BCUT2D eigenvalue weighted by atomic mass is 35.5. The highest BCUT2D eigenvalue weighted by molar-refractivity contribution is 5.85. The van der Waals surface area contributed by atoms with E-state index in [1.165, 1.54) is 12.1 Å². The van der Waals surface area contributed by atoms with Crippen LogP contribution in [0.15, 0.2) is 24.5 Å². The van der Waals surface area contributed by atoms with Gasteiger partial charge in [-0.3, -0.25) is 9.88 Å². The van der Waals surface area contributed by atoms with Crippen molar-refractivity contribution in [3.05, 3.63) is 30.1 Å². The molecule has 1 saturated heterocycles. The van der Waals surface area contributed by atoms with Crippen molar-refractivity contribution >= 4 is 12.4 Å². The molecule has 0 aliphatic carbocycles. The van der Waals surface area contributed by atoms with E-state index in [4.69, 9.17) is 0 Å². The Kier molecular flexibility index (Phi) is 5.89. The van der Waals surface area contributed by atoms with E-state index in [1.807, 2.05) is 12.4 Å². The van der Waals surface area contributed by atoms with Gasteiger partial charge in [0.05, 0.1) is 0 Å². The SMILES string of the molecule is CC(C)CN1CCNCC1c1ccncc1.Cl. The molecule has 1 N–H and O–H groups in total. The van der Waals surface area contributed by atoms with Crippen molar-refractivity contribution in [1.29, 1.82) is 0 Å². The Morgan fingerprint density at radius 1 is 1.41 bits per heavy atom. The summed E-state index contributed by atoms with van der Waals surface area (Å²) in [5.74, 6) is 0.724. The van der Waals surface area contributed by atoms with Gasteiger partial charge in [0.15, 0.2) is 0 Å². The van der Waals surface area contributed by atoms with Crippen LogP contribution in [0.25, 0.3) is 0 Å². The number of nitrogens with one attached hydrogen (secondary N) is 1. The minimum absolute atomic E-state index is 0. The summed E-state index contributed by atoms with van der Waals surface area (Å²) in [7, 11) is 0. The second-order valence-electron chi connectivity index (χ2n) is 4.89. The van der Waals surface area contributed by atoms with Gasteiger partial charge in [-0.2, -0.15) is 0 Å². The standard InChI is InChI=1S/C13H21N3.ClH/c1-11(2)10-16-8-7-15-9-13(16)12-3-5-14-6-4-12;/h3-6,11,13,15H,7-10H2,1-2H3;1H. The number of halogens is 1. The lowest BCUT2D eigenvalue weighted by molar-refractivity contribution is 0.144. The van der Waals surface area contributed by atoms with Crippen molar-refractivity contribution in [1.82, 2.24) is 15.2 Å². The number of pyridine rings is 1. The maximum absolute atomic E-state index is 4.09. The third-order valence-corrected chi connectivity index (χ3v) is 3.04. The molecule has 0 spiro atoms. The van der Waals surface area contributed by atoms with Crippen LogP contribution in [0.5, 0.6) is 0 Å². The number of piperazine rings is 1. The normalized spacial score (nSPS) is 21.2. The quantitative estimate of drug-likeness (QED) is 0.897. The largest absolute Gasteiger partial charge is 0.314 e. The molecular formula is C13H22ClN3. The molecule has 0 amide bonds. The van der Waals surface area contributed by atoms with E-state index in [1.54, 1.807) is 0 Å². The predicted octanol–water partition coefficient (Wildman–Crippen LogP) is 2.11. The average molecular weight is 256 g/mol. The Morgan fingerprint density at radius 2 is 2.12 bits per heavy atom. The highest BCUT2D eigenvalue weighted by Crippen LogP contribution is 2.22. The number of nitrogens with zero attached hydrogens (tertiary/aromatic N) is 2. The molecule has 3 nitrogen and oxygen atoms in total. The summed E-state index contributed by atoms with van der Waals surface area (Å²) < 4.78 is 0. The zero-order chi connectivity index (χ0) is 11.4. The first-order chi connectivity index (χ1) is 7.77. The number of aromatic nitrogens is 1. The van der Waals surface area contributed by atoms with E-state index < -0.39 is 0 Å². The molecule has 96 valence electrons. The van der Waals surface area contributed by atoms with Gasteiger partial charge in [-0.15, -0.1) is 12.4 Å². The number of rotatable bonds is 3. The lowest BCUT2D eigenvalue weighted by Crippen LogP contribution is -2.47. The Balaban J connectivity index is 0.00000144. The fourth-order valence-corrected chi connectivity index (χ4v) is 2.35. The van der Waals surface area contributed by atoms with Gasteiger partial charge in [0.2, 0.25) is 0 Å². The first-order valence-corrected chi connectivity index (χ1v) is 6.12. The first-order valence-electron chi connectivity index (χ1n) is 6.12. The van der Waals surface area contributed by atoms with E-state index in [9.17, 15) is 0 Å². The van der Waals surface area contributed by atoms with Crippen LogP contribution in [-0.4, -0.2) is 36.1 Å². The van der Waals surface area contributed by atoms with E-state index >= 15 is 0 Å². The van der Waals surface area contributed by atoms with Gasteiger partial charge < -0.3 is 5.32 Å². The van der Waals surface area contributed by atoms with Gasteiger partial charge in [-0.25, -0.2) is 0 Å². The third-order valence-electron chi connectivity index (χ3n) is 3.04. The van der Waals surface area contributed by atoms with Gasteiger partial charge in [-0.05, 0) is 23.6 Å². The van der Waals surface area contributed by atoms with Gasteiger partial charge in [0.1, 0.15) is 0 Å². The predicted molar refractivity (Wildman–Crippen MR) is 73.5 cm³/mol. The summed E-state index contributed by atoms with van der Waals surface area (Å²) in [6.45, 7) is 9.04. The lowest BCUT2D eigenvalue weighted by Gasteiger charge is -2.37. The Morgan fingerprint density at radius 3 is 2.76 bits per heavy atom. The summed E-state index contributed by atoms with van der Waals surface area (Å²) >= 11 is 0. The summed E-state index contributed by atoms with van der Waals surface area (Å²) in [6.07, 6.45) is 3.77. The van der Waals surface area contributed by atoms with Crippen molar-refractivity contribution in [2.24, 2.45) is 5.92 Å². The topological polar surface area (TPSA) is 28.2 Å². The molecule has 1 aromatic heterocycles. The molecule has 1 aromatic rings. The maximum Gasteiger partial charge on any atom is 0.0474 e. The molecular weight excluding hydrogens is 234 g/mol. The minimum Gasteiger partial charge on any atom is -0.314 e. The Labute approximate surface area is 110 Å². The second-order valence-corrected chi connectivity index (χ2v) is 4.89. The van der Waals surface area contributed by atoms with Crippen LogP contribution in [0.2, 0.25) is 0 Å². The van der Waals surface area contributed by atoms with Gasteiger partial charge in [-0.1, -0.05) is 13.8 Å². The van der Waals surface area contributed by atoms with Crippen LogP contribution in [-0.2, 0) is 0 Å². The molecule has 1 unspecified atom stereocenters. The zero-order valence-electron chi connectivity index (χ0n) is 10.6. The number of hydrogen-bond donors (Lipinski definition) is 1. The molecule has 1 aliphatic rings. The minimum atomic E-state index is 0. The third kappa shape index (κ3) is 3.95. The van der Waals surface area contributed by atoms with E-state index in [0.29, 0.717) is 6.04 Å². The zero-order valence-corrected chi connectivity index (χ0v) is 11.4. The Bertz CT molecular complexity index is 316. The van der Waals surface area contributed by atoms with E-state index in [-0.39, 0.29) is 12.4 Å². The van der Waals surface area contributed by atoms with Gasteiger partial charge in [0.25, 0.3) is 0 Å². The van der Waals surface area contributed by atoms with Crippen LogP contribution >= 0.6 is 12.4 Å². The molecule has 0 saturated carbocycles. The van der Waals surface area contributed by atoms with Crippen LogP contribution in [0.4, 0.5) is 0 Å². The van der Waals surface area contributed by atoms with Crippen molar-refractivity contribution in [2.45, 2.75) is 19.9 Å². The molecule has 1 fully saturated rings. The van der Waals surface area contributed by atoms with E-state index in [2.05, 4.69) is 41.2 Å². The molecule has 4 heteroatoms. The molecule has 0 aromatic carbocycles. The Hall–Kier alpha value is -0.640. The monoisotopic (exact) mass is 255 g/mol. The smallest absolute Gasteiger partial charge is 0.0474 e. The lowest BCUT2D eigenvalue weighted by atomic mass is 10.0. The van der Waals surface area contributed by atoms with Crippen LogP contribution in [0, 0.1) is 5.92 Å². The van der Waals surface area contributed by atoms with Crippen molar-refractivity contribution in [2.75, 3.05) is 26.2 Å².